The van der Waals surface area contributed by atoms with Crippen molar-refractivity contribution < 1.29 is 0 Å². The number of fused-ring (bicyclic) bond motifs is 2. The molecule has 2 unspecified atom stereocenters. The lowest BCUT2D eigenvalue weighted by Crippen LogP contribution is -2.04. The first kappa shape index (κ1) is 7.91. The predicted molar refractivity (Wildman–Crippen MR) is 58.8 cm³/mol. The van der Waals surface area contributed by atoms with Gasteiger partial charge in [-0.25, -0.2) is 4.98 Å². The van der Waals surface area contributed by atoms with E-state index in [2.05, 4.69) is 35.0 Å². The van der Waals surface area contributed by atoms with Crippen molar-refractivity contribution in [3.63, 3.8) is 0 Å². The molecule has 2 heterocycles. The zero-order valence-electron chi connectivity index (χ0n) is 8.69. The van der Waals surface area contributed by atoms with Crippen molar-refractivity contribution in [2.75, 3.05) is 0 Å². The van der Waals surface area contributed by atoms with Crippen LogP contribution in [-0.4, -0.2) is 9.38 Å². The highest BCUT2D eigenvalue weighted by atomic mass is 15.0. The first-order chi connectivity index (χ1) is 7.38. The summed E-state index contributed by atoms with van der Waals surface area (Å²) < 4.78 is 2.15. The van der Waals surface area contributed by atoms with Gasteiger partial charge in [0.2, 0.25) is 0 Å². The van der Waals surface area contributed by atoms with Crippen LogP contribution in [0.5, 0.6) is 0 Å². The number of aromatic nitrogens is 2. The van der Waals surface area contributed by atoms with Crippen molar-refractivity contribution in [2.45, 2.75) is 31.1 Å². The smallest absolute Gasteiger partial charge is 0.136 e. The Morgan fingerprint density at radius 3 is 3.13 bits per heavy atom. The second-order valence-corrected chi connectivity index (χ2v) is 5.04. The second-order valence-electron chi connectivity index (χ2n) is 5.04. The van der Waals surface area contributed by atoms with Gasteiger partial charge in [-0.1, -0.05) is 12.5 Å². The summed E-state index contributed by atoms with van der Waals surface area (Å²) >= 11 is 0. The van der Waals surface area contributed by atoms with Crippen LogP contribution in [0.2, 0.25) is 0 Å². The molecule has 15 heavy (non-hydrogen) atoms. The predicted octanol–water partition coefficient (Wildman–Crippen LogP) is 2.78. The van der Waals surface area contributed by atoms with Crippen molar-refractivity contribution in [1.29, 1.82) is 0 Å². The summed E-state index contributed by atoms with van der Waals surface area (Å²) in [5.41, 5.74) is 2.93. The fourth-order valence-electron chi connectivity index (χ4n) is 3.35. The molecular formula is C13H14N2. The van der Waals surface area contributed by atoms with Gasteiger partial charge in [0.25, 0.3) is 0 Å². The molecule has 2 aliphatic carbocycles. The molecule has 76 valence electrons. The molecule has 0 aromatic carbocycles. The van der Waals surface area contributed by atoms with E-state index in [-0.39, 0.29) is 0 Å². The Hall–Kier alpha value is -1.31. The summed E-state index contributed by atoms with van der Waals surface area (Å²) in [4.78, 5) is 4.77. The monoisotopic (exact) mass is 198 g/mol. The maximum atomic E-state index is 4.77. The van der Waals surface area contributed by atoms with Gasteiger partial charge in [0.1, 0.15) is 5.65 Å². The Kier molecular flexibility index (Phi) is 1.28. The summed E-state index contributed by atoms with van der Waals surface area (Å²) in [7, 11) is 0. The number of rotatable bonds is 1. The van der Waals surface area contributed by atoms with Crippen LogP contribution in [0.3, 0.4) is 0 Å². The highest BCUT2D eigenvalue weighted by Crippen LogP contribution is 2.63. The maximum absolute atomic E-state index is 4.77. The lowest BCUT2D eigenvalue weighted by Gasteiger charge is -2.06. The van der Waals surface area contributed by atoms with E-state index in [1.54, 1.807) is 0 Å². The molecular weight excluding hydrogens is 184 g/mol. The minimum Gasteiger partial charge on any atom is -0.307 e. The number of pyridine rings is 1. The molecule has 2 atom stereocenters. The highest BCUT2D eigenvalue weighted by Gasteiger charge is 2.59. The third kappa shape index (κ3) is 0.921. The third-order valence-electron chi connectivity index (χ3n) is 4.28. The molecule has 2 nitrogen and oxygen atoms in total. The van der Waals surface area contributed by atoms with Crippen molar-refractivity contribution in [3.05, 3.63) is 36.3 Å². The second kappa shape index (κ2) is 2.43. The van der Waals surface area contributed by atoms with Crippen molar-refractivity contribution in [2.24, 2.45) is 5.92 Å². The molecule has 4 rings (SSSR count). The lowest BCUT2D eigenvalue weighted by atomic mass is 10.0. The fourth-order valence-corrected chi connectivity index (χ4v) is 3.35. The van der Waals surface area contributed by atoms with Crippen LogP contribution in [0.1, 0.15) is 31.4 Å². The molecule has 2 heteroatoms. The fraction of sp³-hybridized carbons (Fsp3) is 0.462. The Labute approximate surface area is 88.9 Å². The van der Waals surface area contributed by atoms with Gasteiger partial charge < -0.3 is 4.40 Å². The topological polar surface area (TPSA) is 17.3 Å². The summed E-state index contributed by atoms with van der Waals surface area (Å²) in [6.07, 6.45) is 9.90. The van der Waals surface area contributed by atoms with E-state index in [0.717, 1.165) is 11.6 Å². The maximum Gasteiger partial charge on any atom is 0.136 e. The number of imidazole rings is 1. The molecule has 2 fully saturated rings. The molecule has 2 aliphatic rings. The first-order valence-corrected chi connectivity index (χ1v) is 5.83. The third-order valence-corrected chi connectivity index (χ3v) is 4.28. The van der Waals surface area contributed by atoms with Gasteiger partial charge >= 0.3 is 0 Å². The highest BCUT2D eigenvalue weighted by molar-refractivity contribution is 5.43. The average Bonchev–Trinajstić information content (AvgIpc) is 2.68. The molecule has 0 N–H and O–H groups in total. The summed E-state index contributed by atoms with van der Waals surface area (Å²) in [5.74, 6) is 0.947. The Morgan fingerprint density at radius 1 is 1.40 bits per heavy atom. The van der Waals surface area contributed by atoms with Gasteiger partial charge in [0.15, 0.2) is 0 Å². The molecule has 0 amide bonds. The molecule has 0 bridgehead atoms. The zero-order valence-corrected chi connectivity index (χ0v) is 8.69. The summed E-state index contributed by atoms with van der Waals surface area (Å²) in [5, 5.41) is 0. The van der Waals surface area contributed by atoms with Crippen LogP contribution in [-0.2, 0) is 5.41 Å². The van der Waals surface area contributed by atoms with Crippen molar-refractivity contribution >= 4 is 5.65 Å². The van der Waals surface area contributed by atoms with Gasteiger partial charge in [-0.05, 0) is 37.3 Å². The normalized spacial score (nSPS) is 33.2. The standard InChI is InChI=1S/C13H14N2/c1-2-7-15-9-11(14-12(15)5-1)13-6-3-4-10(13)8-13/h1-2,5,7,9-10H,3-4,6,8H2. The Balaban J connectivity index is 1.89. The SMILES string of the molecule is c1ccn2cc(C34CCCC3C4)nc2c1. The van der Waals surface area contributed by atoms with Gasteiger partial charge in [0, 0.05) is 17.8 Å². The van der Waals surface area contributed by atoms with Crippen LogP contribution in [0.25, 0.3) is 5.65 Å². The molecule has 0 aliphatic heterocycles. The van der Waals surface area contributed by atoms with E-state index in [1.807, 2.05) is 0 Å². The molecule has 0 spiro atoms. The number of nitrogens with zero attached hydrogens (tertiary/aromatic N) is 2. The summed E-state index contributed by atoms with van der Waals surface area (Å²) in [6, 6.07) is 6.21. The van der Waals surface area contributed by atoms with E-state index >= 15 is 0 Å². The largest absolute Gasteiger partial charge is 0.307 e. The van der Waals surface area contributed by atoms with Crippen molar-refractivity contribution in [3.8, 4) is 0 Å². The Morgan fingerprint density at radius 2 is 2.40 bits per heavy atom. The molecule has 0 radical (unpaired) electrons. The van der Waals surface area contributed by atoms with Gasteiger partial charge in [-0.3, -0.25) is 0 Å². The quantitative estimate of drug-likeness (QED) is 0.688. The minimum absolute atomic E-state index is 0.492. The molecule has 2 saturated carbocycles. The minimum atomic E-state index is 0.492. The van der Waals surface area contributed by atoms with Gasteiger partial charge in [0.05, 0.1) is 5.69 Å². The molecule has 2 aromatic heterocycles. The first-order valence-electron chi connectivity index (χ1n) is 5.83. The van der Waals surface area contributed by atoms with E-state index in [4.69, 9.17) is 4.98 Å². The van der Waals surface area contributed by atoms with Crippen LogP contribution in [0.4, 0.5) is 0 Å². The van der Waals surface area contributed by atoms with E-state index in [9.17, 15) is 0 Å². The molecule has 0 saturated heterocycles. The van der Waals surface area contributed by atoms with Crippen LogP contribution >= 0.6 is 0 Å². The lowest BCUT2D eigenvalue weighted by molar-refractivity contribution is 0.640. The van der Waals surface area contributed by atoms with E-state index in [1.165, 1.54) is 31.4 Å². The van der Waals surface area contributed by atoms with Crippen LogP contribution in [0.15, 0.2) is 30.6 Å². The molecule has 2 aromatic rings. The number of hydrogen-bond donors (Lipinski definition) is 0. The van der Waals surface area contributed by atoms with Crippen LogP contribution in [0, 0.1) is 5.92 Å². The van der Waals surface area contributed by atoms with Gasteiger partial charge in [-0.15, -0.1) is 0 Å². The van der Waals surface area contributed by atoms with Crippen molar-refractivity contribution in [1.82, 2.24) is 9.38 Å². The number of hydrogen-bond acceptors (Lipinski definition) is 1. The van der Waals surface area contributed by atoms with E-state index in [0.29, 0.717) is 5.41 Å². The Bertz CT molecular complexity index is 495. The van der Waals surface area contributed by atoms with Crippen LogP contribution < -0.4 is 0 Å². The summed E-state index contributed by atoms with van der Waals surface area (Å²) in [6.45, 7) is 0. The zero-order chi connectivity index (χ0) is 9.88. The average molecular weight is 198 g/mol. The van der Waals surface area contributed by atoms with E-state index < -0.39 is 0 Å². The van der Waals surface area contributed by atoms with Gasteiger partial charge in [-0.2, -0.15) is 0 Å².